The quantitative estimate of drug-likeness (QED) is 0.720. The summed E-state index contributed by atoms with van der Waals surface area (Å²) in [6.07, 6.45) is 2.88. The zero-order chi connectivity index (χ0) is 8.55. The van der Waals surface area contributed by atoms with Crippen molar-refractivity contribution in [2.45, 2.75) is 0 Å². The number of aromatic amines is 1. The summed E-state index contributed by atoms with van der Waals surface area (Å²) in [6.45, 7) is 0. The van der Waals surface area contributed by atoms with Crippen LogP contribution in [0.3, 0.4) is 0 Å². The summed E-state index contributed by atoms with van der Waals surface area (Å²) >= 11 is 0. The number of hydrogen-bond acceptors (Lipinski definition) is 3. The molecule has 0 aliphatic heterocycles. The number of fused-ring (bicyclic) bond motifs is 1. The maximum atomic E-state index is 10.6. The van der Waals surface area contributed by atoms with Gasteiger partial charge in [0.2, 0.25) is 0 Å². The highest BCUT2D eigenvalue weighted by molar-refractivity contribution is 6.01. The lowest BCUT2D eigenvalue weighted by Gasteiger charge is -1.93. The molecule has 0 radical (unpaired) electrons. The Hall–Kier alpha value is -1.62. The van der Waals surface area contributed by atoms with Crippen molar-refractivity contribution in [2.75, 3.05) is 0 Å². The zero-order valence-electron chi connectivity index (χ0n) is 6.39. The van der Waals surface area contributed by atoms with E-state index in [1.807, 2.05) is 0 Å². The van der Waals surface area contributed by atoms with Crippen LogP contribution in [-0.2, 0) is 0 Å². The van der Waals surface area contributed by atoms with E-state index in [0.29, 0.717) is 11.0 Å². The van der Waals surface area contributed by atoms with Gasteiger partial charge < -0.3 is 5.11 Å². The first-order chi connectivity index (χ1) is 5.79. The van der Waals surface area contributed by atoms with E-state index in [4.69, 9.17) is 5.11 Å². The van der Waals surface area contributed by atoms with Crippen molar-refractivity contribution in [3.8, 4) is 0 Å². The molecule has 0 fully saturated rings. The third-order valence-corrected chi connectivity index (χ3v) is 1.58. The summed E-state index contributed by atoms with van der Waals surface area (Å²) in [7, 11) is 0. The first kappa shape index (κ1) is 9.47. The molecule has 0 atom stereocenters. The van der Waals surface area contributed by atoms with Gasteiger partial charge in [0.25, 0.3) is 0 Å². The van der Waals surface area contributed by atoms with Gasteiger partial charge in [0.15, 0.2) is 5.65 Å². The Labute approximate surface area is 79.2 Å². The van der Waals surface area contributed by atoms with Gasteiger partial charge in [0.05, 0.1) is 17.1 Å². The van der Waals surface area contributed by atoms with E-state index >= 15 is 0 Å². The van der Waals surface area contributed by atoms with Crippen LogP contribution in [0.15, 0.2) is 18.5 Å². The van der Waals surface area contributed by atoms with Crippen LogP contribution in [-0.4, -0.2) is 26.3 Å². The number of halogens is 1. The monoisotopic (exact) mass is 199 g/mol. The number of rotatable bonds is 1. The number of nitrogens with one attached hydrogen (secondary N) is 1. The van der Waals surface area contributed by atoms with E-state index in [1.54, 1.807) is 0 Å². The molecule has 0 aliphatic rings. The van der Waals surface area contributed by atoms with Crippen LogP contribution in [0, 0.1) is 0 Å². The number of H-pyrrole nitrogens is 1. The molecule has 5 nitrogen and oxygen atoms in total. The molecule has 0 saturated carbocycles. The van der Waals surface area contributed by atoms with Crippen LogP contribution < -0.4 is 0 Å². The second kappa shape index (κ2) is 3.40. The van der Waals surface area contributed by atoms with Crippen LogP contribution >= 0.6 is 12.4 Å². The number of carboxylic acid groups (broad SMARTS) is 1. The van der Waals surface area contributed by atoms with Crippen molar-refractivity contribution in [1.82, 2.24) is 15.2 Å². The van der Waals surface area contributed by atoms with Gasteiger partial charge in [0, 0.05) is 6.20 Å². The molecular weight excluding hydrogens is 194 g/mol. The summed E-state index contributed by atoms with van der Waals surface area (Å²) in [6, 6.07) is 1.44. The molecule has 68 valence electrons. The SMILES string of the molecule is Cl.O=C(O)c1ccnc2[nH]ncc12. The minimum atomic E-state index is -0.969. The minimum absolute atomic E-state index is 0. The lowest BCUT2D eigenvalue weighted by atomic mass is 10.2. The normalized spacial score (nSPS) is 9.54. The van der Waals surface area contributed by atoms with Crippen LogP contribution in [0.1, 0.15) is 10.4 Å². The molecule has 0 spiro atoms. The van der Waals surface area contributed by atoms with Crippen LogP contribution in [0.5, 0.6) is 0 Å². The Bertz CT molecular complexity index is 440. The molecule has 0 saturated heterocycles. The summed E-state index contributed by atoms with van der Waals surface area (Å²) in [5.74, 6) is -0.969. The molecule has 2 heterocycles. The van der Waals surface area contributed by atoms with Gasteiger partial charge in [-0.25, -0.2) is 9.78 Å². The standard InChI is InChI=1S/C7H5N3O2.ClH/c11-7(12)4-1-2-8-6-5(4)3-9-10-6;/h1-3H,(H,11,12)(H,8,9,10);1H. The van der Waals surface area contributed by atoms with Crippen LogP contribution in [0.4, 0.5) is 0 Å². The molecule has 13 heavy (non-hydrogen) atoms. The lowest BCUT2D eigenvalue weighted by molar-refractivity contribution is 0.0699. The van der Waals surface area contributed by atoms with Crippen molar-refractivity contribution in [3.63, 3.8) is 0 Å². The molecule has 6 heteroatoms. The Morgan fingerprint density at radius 1 is 1.54 bits per heavy atom. The number of pyridine rings is 1. The second-order valence-electron chi connectivity index (χ2n) is 2.30. The number of hydrogen-bond donors (Lipinski definition) is 2. The Morgan fingerprint density at radius 3 is 3.00 bits per heavy atom. The number of aromatic carboxylic acids is 1. The molecule has 2 aromatic heterocycles. The van der Waals surface area contributed by atoms with Crippen molar-refractivity contribution < 1.29 is 9.90 Å². The van der Waals surface area contributed by atoms with Crippen LogP contribution in [0.25, 0.3) is 11.0 Å². The summed E-state index contributed by atoms with van der Waals surface area (Å²) in [5, 5.41) is 15.5. The van der Waals surface area contributed by atoms with Crippen LogP contribution in [0.2, 0.25) is 0 Å². The number of carbonyl (C=O) groups is 1. The van der Waals surface area contributed by atoms with Gasteiger partial charge in [-0.3, -0.25) is 5.10 Å². The lowest BCUT2D eigenvalue weighted by Crippen LogP contribution is -1.96. The predicted molar refractivity (Wildman–Crippen MR) is 48.1 cm³/mol. The van der Waals surface area contributed by atoms with Gasteiger partial charge in [0.1, 0.15) is 0 Å². The van der Waals surface area contributed by atoms with E-state index in [-0.39, 0.29) is 18.0 Å². The number of carboxylic acids is 1. The molecule has 2 N–H and O–H groups in total. The second-order valence-corrected chi connectivity index (χ2v) is 2.30. The molecular formula is C7H6ClN3O2. The Kier molecular flexibility index (Phi) is 2.48. The molecule has 0 bridgehead atoms. The molecule has 0 aliphatic carbocycles. The molecule has 0 unspecified atom stereocenters. The third-order valence-electron chi connectivity index (χ3n) is 1.58. The average Bonchev–Trinajstić information content (AvgIpc) is 2.49. The topological polar surface area (TPSA) is 78.9 Å². The average molecular weight is 200 g/mol. The highest BCUT2D eigenvalue weighted by Gasteiger charge is 2.08. The fourth-order valence-corrected chi connectivity index (χ4v) is 1.04. The van der Waals surface area contributed by atoms with E-state index in [0.717, 1.165) is 0 Å². The van der Waals surface area contributed by atoms with Gasteiger partial charge in [-0.1, -0.05) is 0 Å². The first-order valence-corrected chi connectivity index (χ1v) is 3.30. The summed E-state index contributed by atoms with van der Waals surface area (Å²) < 4.78 is 0. The Morgan fingerprint density at radius 2 is 2.31 bits per heavy atom. The van der Waals surface area contributed by atoms with Crippen molar-refractivity contribution in [3.05, 3.63) is 24.0 Å². The van der Waals surface area contributed by atoms with E-state index < -0.39 is 5.97 Å². The van der Waals surface area contributed by atoms with Crippen molar-refractivity contribution >= 4 is 29.4 Å². The van der Waals surface area contributed by atoms with Gasteiger partial charge in [-0.05, 0) is 6.07 Å². The fourth-order valence-electron chi connectivity index (χ4n) is 1.04. The van der Waals surface area contributed by atoms with Gasteiger partial charge in [-0.15, -0.1) is 12.4 Å². The highest BCUT2D eigenvalue weighted by Crippen LogP contribution is 2.12. The minimum Gasteiger partial charge on any atom is -0.478 e. The summed E-state index contributed by atoms with van der Waals surface area (Å²) in [5.41, 5.74) is 0.712. The summed E-state index contributed by atoms with van der Waals surface area (Å²) in [4.78, 5) is 14.5. The predicted octanol–water partition coefficient (Wildman–Crippen LogP) is 1.08. The maximum Gasteiger partial charge on any atom is 0.336 e. The number of nitrogens with zero attached hydrogens (tertiary/aromatic N) is 2. The number of aromatic nitrogens is 3. The van der Waals surface area contributed by atoms with Crippen molar-refractivity contribution in [2.24, 2.45) is 0 Å². The third kappa shape index (κ3) is 1.46. The van der Waals surface area contributed by atoms with E-state index in [9.17, 15) is 4.79 Å². The van der Waals surface area contributed by atoms with Gasteiger partial charge >= 0.3 is 5.97 Å². The van der Waals surface area contributed by atoms with E-state index in [1.165, 1.54) is 18.5 Å². The van der Waals surface area contributed by atoms with Crippen molar-refractivity contribution in [1.29, 1.82) is 0 Å². The largest absolute Gasteiger partial charge is 0.478 e. The molecule has 0 aromatic carbocycles. The smallest absolute Gasteiger partial charge is 0.336 e. The molecule has 0 amide bonds. The maximum absolute atomic E-state index is 10.6. The molecule has 2 rings (SSSR count). The Balaban J connectivity index is 0.000000845. The van der Waals surface area contributed by atoms with Gasteiger partial charge in [-0.2, -0.15) is 5.10 Å². The molecule has 2 aromatic rings. The zero-order valence-corrected chi connectivity index (χ0v) is 7.21. The van der Waals surface area contributed by atoms with E-state index in [2.05, 4.69) is 15.2 Å². The first-order valence-electron chi connectivity index (χ1n) is 3.30. The highest BCUT2D eigenvalue weighted by atomic mass is 35.5. The fraction of sp³-hybridized carbons (Fsp3) is 0.